The lowest BCUT2D eigenvalue weighted by molar-refractivity contribution is 0.0924. The van der Waals surface area contributed by atoms with Gasteiger partial charge in [0.05, 0.1) is 0 Å². The van der Waals surface area contributed by atoms with E-state index in [0.717, 1.165) is 12.8 Å². The summed E-state index contributed by atoms with van der Waals surface area (Å²) in [4.78, 5) is 12.3. The first-order chi connectivity index (χ1) is 8.74. The Hall–Kier alpha value is -1.96. The summed E-state index contributed by atoms with van der Waals surface area (Å²) in [5.41, 5.74) is 3.13. The molecule has 0 aromatic heterocycles. The predicted molar refractivity (Wildman–Crippen MR) is 68.1 cm³/mol. The highest BCUT2D eigenvalue weighted by Crippen LogP contribution is 2.28. The van der Waals surface area contributed by atoms with Gasteiger partial charge in [-0.05, 0) is 48.2 Å². The van der Waals surface area contributed by atoms with Crippen molar-refractivity contribution in [1.82, 2.24) is 0 Å². The Labute approximate surface area is 105 Å². The van der Waals surface area contributed by atoms with Crippen molar-refractivity contribution in [2.45, 2.75) is 12.8 Å². The number of carbonyl (C=O) groups excluding carboxylic acids is 1. The molecular weight excluding hydrogens is 227 g/mol. The van der Waals surface area contributed by atoms with Crippen molar-refractivity contribution in [3.63, 3.8) is 0 Å². The molecule has 0 fully saturated rings. The predicted octanol–water partition coefficient (Wildman–Crippen LogP) is 3.42. The molecule has 1 aliphatic rings. The molecule has 0 saturated carbocycles. The molecule has 0 saturated heterocycles. The summed E-state index contributed by atoms with van der Waals surface area (Å²) in [5, 5.41) is 0. The Balaban J connectivity index is 1.82. The van der Waals surface area contributed by atoms with Gasteiger partial charge >= 0.3 is 0 Å². The minimum Gasteiger partial charge on any atom is -0.294 e. The van der Waals surface area contributed by atoms with Crippen LogP contribution in [0.25, 0.3) is 0 Å². The van der Waals surface area contributed by atoms with Gasteiger partial charge in [0.2, 0.25) is 0 Å². The van der Waals surface area contributed by atoms with Crippen LogP contribution in [0.2, 0.25) is 0 Å². The zero-order chi connectivity index (χ0) is 12.5. The van der Waals surface area contributed by atoms with Crippen LogP contribution >= 0.6 is 0 Å². The largest absolute Gasteiger partial charge is 0.294 e. The fraction of sp³-hybridized carbons (Fsp3) is 0.188. The molecule has 0 radical (unpaired) electrons. The van der Waals surface area contributed by atoms with Gasteiger partial charge in [-0.25, -0.2) is 4.39 Å². The lowest BCUT2D eigenvalue weighted by atomic mass is 9.95. The Morgan fingerprint density at radius 3 is 2.06 bits per heavy atom. The van der Waals surface area contributed by atoms with E-state index in [2.05, 4.69) is 12.1 Å². The standard InChI is InChI=1S/C16H13FO/c17-15-7-5-11(6-8-15)16(18)14-9-12-3-1-2-4-13(12)10-14/h1-8,14H,9-10H2. The number of halogens is 1. The van der Waals surface area contributed by atoms with Crippen LogP contribution in [-0.2, 0) is 12.8 Å². The smallest absolute Gasteiger partial charge is 0.166 e. The molecule has 2 heteroatoms. The Bertz CT molecular complexity index is 561. The van der Waals surface area contributed by atoms with Gasteiger partial charge in [-0.2, -0.15) is 0 Å². The zero-order valence-corrected chi connectivity index (χ0v) is 9.90. The van der Waals surface area contributed by atoms with Crippen LogP contribution in [0.1, 0.15) is 21.5 Å². The van der Waals surface area contributed by atoms with Crippen molar-refractivity contribution in [2.24, 2.45) is 5.92 Å². The molecule has 0 spiro atoms. The summed E-state index contributed by atoms with van der Waals surface area (Å²) < 4.78 is 12.8. The van der Waals surface area contributed by atoms with Crippen LogP contribution < -0.4 is 0 Å². The summed E-state index contributed by atoms with van der Waals surface area (Å²) >= 11 is 0. The molecule has 0 atom stereocenters. The number of carbonyl (C=O) groups is 1. The number of ketones is 1. The Kier molecular flexibility index (Phi) is 2.71. The summed E-state index contributed by atoms with van der Waals surface area (Å²) in [7, 11) is 0. The molecule has 90 valence electrons. The third-order valence-electron chi connectivity index (χ3n) is 3.55. The molecule has 0 aliphatic heterocycles. The van der Waals surface area contributed by atoms with E-state index in [-0.39, 0.29) is 17.5 Å². The van der Waals surface area contributed by atoms with Crippen LogP contribution in [-0.4, -0.2) is 5.78 Å². The van der Waals surface area contributed by atoms with Gasteiger partial charge in [0.25, 0.3) is 0 Å². The van der Waals surface area contributed by atoms with E-state index in [1.54, 1.807) is 12.1 Å². The molecule has 2 aromatic rings. The van der Waals surface area contributed by atoms with Crippen molar-refractivity contribution in [3.8, 4) is 0 Å². The van der Waals surface area contributed by atoms with Crippen molar-refractivity contribution in [3.05, 3.63) is 71.0 Å². The first-order valence-corrected chi connectivity index (χ1v) is 6.10. The summed E-state index contributed by atoms with van der Waals surface area (Å²) in [6, 6.07) is 14.0. The quantitative estimate of drug-likeness (QED) is 0.735. The van der Waals surface area contributed by atoms with Crippen LogP contribution in [0.15, 0.2) is 48.5 Å². The van der Waals surface area contributed by atoms with E-state index < -0.39 is 0 Å². The molecule has 0 N–H and O–H groups in total. The summed E-state index contributed by atoms with van der Waals surface area (Å²) in [6.45, 7) is 0. The topological polar surface area (TPSA) is 17.1 Å². The number of fused-ring (bicyclic) bond motifs is 1. The fourth-order valence-electron chi connectivity index (χ4n) is 2.59. The third kappa shape index (κ3) is 1.94. The molecule has 2 aromatic carbocycles. The van der Waals surface area contributed by atoms with Gasteiger partial charge < -0.3 is 0 Å². The molecule has 1 aliphatic carbocycles. The van der Waals surface area contributed by atoms with Crippen molar-refractivity contribution in [2.75, 3.05) is 0 Å². The first kappa shape index (κ1) is 11.1. The lowest BCUT2D eigenvalue weighted by Crippen LogP contribution is -2.14. The minimum atomic E-state index is -0.304. The van der Waals surface area contributed by atoms with E-state index in [1.165, 1.54) is 23.3 Å². The maximum absolute atomic E-state index is 12.8. The van der Waals surface area contributed by atoms with E-state index in [0.29, 0.717) is 5.56 Å². The number of rotatable bonds is 2. The highest BCUT2D eigenvalue weighted by molar-refractivity contribution is 5.98. The highest BCUT2D eigenvalue weighted by atomic mass is 19.1. The highest BCUT2D eigenvalue weighted by Gasteiger charge is 2.27. The molecule has 0 unspecified atom stereocenters. The summed E-state index contributed by atoms with van der Waals surface area (Å²) in [5.74, 6) is -0.180. The number of benzene rings is 2. The van der Waals surface area contributed by atoms with Gasteiger partial charge in [0.1, 0.15) is 5.82 Å². The molecule has 0 amide bonds. The van der Waals surface area contributed by atoms with Crippen LogP contribution in [0, 0.1) is 11.7 Å². The van der Waals surface area contributed by atoms with E-state index in [4.69, 9.17) is 0 Å². The van der Waals surface area contributed by atoms with Gasteiger partial charge in [-0.1, -0.05) is 24.3 Å². The average Bonchev–Trinajstić information content (AvgIpc) is 2.82. The molecular formula is C16H13FO. The molecule has 18 heavy (non-hydrogen) atoms. The first-order valence-electron chi connectivity index (χ1n) is 6.10. The second kappa shape index (κ2) is 4.37. The molecule has 3 rings (SSSR count). The number of Topliss-reactive ketones (excluding diaryl/α,β-unsaturated/α-hetero) is 1. The van der Waals surface area contributed by atoms with Crippen molar-refractivity contribution in [1.29, 1.82) is 0 Å². The van der Waals surface area contributed by atoms with Gasteiger partial charge in [-0.3, -0.25) is 4.79 Å². The zero-order valence-electron chi connectivity index (χ0n) is 9.90. The minimum absolute atomic E-state index is 0.00728. The van der Waals surface area contributed by atoms with Crippen LogP contribution in [0.5, 0.6) is 0 Å². The van der Waals surface area contributed by atoms with Crippen LogP contribution in [0.3, 0.4) is 0 Å². The monoisotopic (exact) mass is 240 g/mol. The van der Waals surface area contributed by atoms with Crippen LogP contribution in [0.4, 0.5) is 4.39 Å². The number of hydrogen-bond donors (Lipinski definition) is 0. The molecule has 1 nitrogen and oxygen atoms in total. The van der Waals surface area contributed by atoms with E-state index >= 15 is 0 Å². The maximum Gasteiger partial charge on any atom is 0.166 e. The van der Waals surface area contributed by atoms with Gasteiger partial charge in [0.15, 0.2) is 5.78 Å². The Morgan fingerprint density at radius 1 is 0.944 bits per heavy atom. The van der Waals surface area contributed by atoms with Gasteiger partial charge in [0, 0.05) is 11.5 Å². The average molecular weight is 240 g/mol. The molecule has 0 bridgehead atoms. The summed E-state index contributed by atoms with van der Waals surface area (Å²) in [6.07, 6.45) is 1.60. The van der Waals surface area contributed by atoms with Crippen molar-refractivity contribution < 1.29 is 9.18 Å². The molecule has 0 heterocycles. The second-order valence-corrected chi connectivity index (χ2v) is 4.75. The van der Waals surface area contributed by atoms with E-state index in [9.17, 15) is 9.18 Å². The normalized spacial score (nSPS) is 14.5. The van der Waals surface area contributed by atoms with Gasteiger partial charge in [-0.15, -0.1) is 0 Å². The lowest BCUT2D eigenvalue weighted by Gasteiger charge is -2.07. The SMILES string of the molecule is O=C(c1ccc(F)cc1)C1Cc2ccccc2C1. The third-order valence-corrected chi connectivity index (χ3v) is 3.55. The number of hydrogen-bond acceptors (Lipinski definition) is 1. The maximum atomic E-state index is 12.8. The Morgan fingerprint density at radius 2 is 1.50 bits per heavy atom. The van der Waals surface area contributed by atoms with E-state index in [1.807, 2.05) is 12.1 Å². The second-order valence-electron chi connectivity index (χ2n) is 4.75. The van der Waals surface area contributed by atoms with Crippen molar-refractivity contribution >= 4 is 5.78 Å². The fourth-order valence-corrected chi connectivity index (χ4v) is 2.59.